The number of carboxylic acid groups (broad SMARTS) is 1. The van der Waals surface area contributed by atoms with E-state index in [1.165, 1.54) is 17.0 Å². The number of nitrogens with zero attached hydrogens (tertiary/aromatic N) is 3. The predicted octanol–water partition coefficient (Wildman–Crippen LogP) is 4.55. The largest absolute Gasteiger partial charge is 0.465 e. The lowest BCUT2D eigenvalue weighted by atomic mass is 9.70. The molecule has 25 heavy (non-hydrogen) atoms. The van der Waals surface area contributed by atoms with Crippen molar-refractivity contribution < 1.29 is 14.3 Å². The van der Waals surface area contributed by atoms with Gasteiger partial charge in [0.1, 0.15) is 11.5 Å². The van der Waals surface area contributed by atoms with Crippen LogP contribution in [0.25, 0.3) is 11.3 Å². The molecule has 3 rings (SSSR count). The van der Waals surface area contributed by atoms with Crippen LogP contribution in [0.2, 0.25) is 0 Å². The molecule has 1 atom stereocenters. The number of benzene rings is 1. The number of fused-ring (bicyclic) bond motifs is 1. The number of carbonyl (C=O) groups is 1. The van der Waals surface area contributed by atoms with E-state index in [9.17, 15) is 14.3 Å². The lowest BCUT2D eigenvalue weighted by molar-refractivity contribution is -0.0129. The molecule has 0 saturated heterocycles. The Morgan fingerprint density at radius 2 is 1.88 bits per heavy atom. The fourth-order valence-electron chi connectivity index (χ4n) is 3.45. The van der Waals surface area contributed by atoms with Crippen LogP contribution in [0.1, 0.15) is 33.4 Å². The second kappa shape index (κ2) is 5.96. The molecule has 1 aliphatic rings. The molecule has 1 amide bonds. The van der Waals surface area contributed by atoms with Crippen molar-refractivity contribution in [2.24, 2.45) is 5.41 Å². The van der Waals surface area contributed by atoms with Gasteiger partial charge in [-0.15, -0.1) is 0 Å². The van der Waals surface area contributed by atoms with Crippen LogP contribution in [-0.4, -0.2) is 32.4 Å². The molecule has 2 heterocycles. The molecule has 1 aromatic carbocycles. The van der Waals surface area contributed by atoms with E-state index in [1.54, 1.807) is 12.1 Å². The summed E-state index contributed by atoms with van der Waals surface area (Å²) in [6.45, 7) is 8.98. The van der Waals surface area contributed by atoms with Gasteiger partial charge >= 0.3 is 6.09 Å². The van der Waals surface area contributed by atoms with Crippen LogP contribution in [0.4, 0.5) is 9.18 Å². The van der Waals surface area contributed by atoms with Gasteiger partial charge in [-0.1, -0.05) is 20.8 Å². The van der Waals surface area contributed by atoms with Crippen LogP contribution < -0.4 is 0 Å². The zero-order valence-corrected chi connectivity index (χ0v) is 16.8. The van der Waals surface area contributed by atoms with Gasteiger partial charge in [0.25, 0.3) is 0 Å². The van der Waals surface area contributed by atoms with Crippen molar-refractivity contribution in [2.75, 3.05) is 6.54 Å². The van der Waals surface area contributed by atoms with E-state index < -0.39 is 11.6 Å². The van der Waals surface area contributed by atoms with Gasteiger partial charge in [-0.25, -0.2) is 9.18 Å². The summed E-state index contributed by atoms with van der Waals surface area (Å²) in [6, 6.07) is 6.23. The zero-order chi connectivity index (χ0) is 18.6. The standard InChI is InChI=1S/C18H21FIN3O2/c1-17(2,3)18(4)15-13(20)14(11-5-7-12(19)8-6-11)21-23(15)10-9-22(18)16(24)25/h5-8H,9-10H2,1-4H3,(H,24,25). The average Bonchev–Trinajstić information content (AvgIpc) is 2.85. The summed E-state index contributed by atoms with van der Waals surface area (Å²) in [6.07, 6.45) is -0.927. The molecule has 1 N–H and O–H groups in total. The summed E-state index contributed by atoms with van der Waals surface area (Å²) in [5, 5.41) is 14.5. The molecule has 0 fully saturated rings. The third-order valence-electron chi connectivity index (χ3n) is 5.24. The third-order valence-corrected chi connectivity index (χ3v) is 6.26. The number of amides is 1. The Morgan fingerprint density at radius 3 is 2.40 bits per heavy atom. The second-order valence-corrected chi connectivity index (χ2v) is 8.58. The van der Waals surface area contributed by atoms with Crippen LogP contribution in [0, 0.1) is 14.8 Å². The maximum Gasteiger partial charge on any atom is 0.408 e. The SMILES string of the molecule is CC(C)(C)C1(C)c2c(I)c(-c3ccc(F)cc3)nn2CCN1C(=O)O. The Bertz CT molecular complexity index is 826. The second-order valence-electron chi connectivity index (χ2n) is 7.50. The average molecular weight is 457 g/mol. The monoisotopic (exact) mass is 457 g/mol. The molecule has 5 nitrogen and oxygen atoms in total. The third kappa shape index (κ3) is 2.72. The highest BCUT2D eigenvalue weighted by Gasteiger charge is 2.52. The highest BCUT2D eigenvalue weighted by atomic mass is 127. The molecular formula is C18H21FIN3O2. The van der Waals surface area contributed by atoms with Crippen molar-refractivity contribution in [3.8, 4) is 11.3 Å². The Morgan fingerprint density at radius 1 is 1.28 bits per heavy atom. The molecular weight excluding hydrogens is 436 g/mol. The van der Waals surface area contributed by atoms with Gasteiger partial charge in [0.05, 0.1) is 21.3 Å². The van der Waals surface area contributed by atoms with Gasteiger partial charge in [-0.05, 0) is 59.2 Å². The van der Waals surface area contributed by atoms with Crippen molar-refractivity contribution >= 4 is 28.7 Å². The molecule has 1 unspecified atom stereocenters. The van der Waals surface area contributed by atoms with Crippen LogP contribution in [0.15, 0.2) is 24.3 Å². The van der Waals surface area contributed by atoms with Crippen molar-refractivity contribution in [3.05, 3.63) is 39.3 Å². The molecule has 0 radical (unpaired) electrons. The summed E-state index contributed by atoms with van der Waals surface area (Å²) in [5.41, 5.74) is 1.43. The summed E-state index contributed by atoms with van der Waals surface area (Å²) >= 11 is 2.23. The molecule has 2 aromatic rings. The van der Waals surface area contributed by atoms with E-state index in [-0.39, 0.29) is 11.2 Å². The molecule has 0 spiro atoms. The quantitative estimate of drug-likeness (QED) is 0.640. The van der Waals surface area contributed by atoms with E-state index in [1.807, 2.05) is 32.4 Å². The van der Waals surface area contributed by atoms with E-state index in [0.29, 0.717) is 13.1 Å². The van der Waals surface area contributed by atoms with E-state index in [2.05, 4.69) is 22.6 Å². The smallest absolute Gasteiger partial charge is 0.408 e. The minimum absolute atomic E-state index is 0.292. The fraction of sp³-hybridized carbons (Fsp3) is 0.444. The Labute approximate surface area is 160 Å². The van der Waals surface area contributed by atoms with Crippen LogP contribution in [0.5, 0.6) is 0 Å². The van der Waals surface area contributed by atoms with Gasteiger partial charge in [-0.2, -0.15) is 5.10 Å². The highest BCUT2D eigenvalue weighted by Crippen LogP contribution is 2.49. The first kappa shape index (κ1) is 18.2. The molecule has 134 valence electrons. The lowest BCUT2D eigenvalue weighted by Gasteiger charge is -2.51. The van der Waals surface area contributed by atoms with E-state index in [0.717, 1.165) is 20.5 Å². The first-order valence-electron chi connectivity index (χ1n) is 8.10. The van der Waals surface area contributed by atoms with Crippen molar-refractivity contribution in [2.45, 2.75) is 39.8 Å². The number of halogens is 2. The van der Waals surface area contributed by atoms with Crippen LogP contribution in [0.3, 0.4) is 0 Å². The van der Waals surface area contributed by atoms with Gasteiger partial charge in [-0.3, -0.25) is 9.58 Å². The number of aromatic nitrogens is 2. The lowest BCUT2D eigenvalue weighted by Crippen LogP contribution is -2.59. The molecule has 7 heteroatoms. The molecule has 0 saturated carbocycles. The molecule has 1 aromatic heterocycles. The first-order valence-corrected chi connectivity index (χ1v) is 9.18. The van der Waals surface area contributed by atoms with Crippen LogP contribution >= 0.6 is 22.6 Å². The zero-order valence-electron chi connectivity index (χ0n) is 14.7. The van der Waals surface area contributed by atoms with Gasteiger partial charge < -0.3 is 5.11 Å². The summed E-state index contributed by atoms with van der Waals surface area (Å²) in [5.74, 6) is -0.292. The van der Waals surface area contributed by atoms with Crippen molar-refractivity contribution in [1.29, 1.82) is 0 Å². The number of hydrogen-bond donors (Lipinski definition) is 1. The van der Waals surface area contributed by atoms with Gasteiger partial charge in [0.2, 0.25) is 0 Å². The van der Waals surface area contributed by atoms with E-state index in [4.69, 9.17) is 5.10 Å². The van der Waals surface area contributed by atoms with Crippen molar-refractivity contribution in [3.63, 3.8) is 0 Å². The minimum atomic E-state index is -0.927. The van der Waals surface area contributed by atoms with E-state index >= 15 is 0 Å². The summed E-state index contributed by atoms with van der Waals surface area (Å²) in [4.78, 5) is 13.4. The Balaban J connectivity index is 2.23. The number of hydrogen-bond acceptors (Lipinski definition) is 2. The summed E-state index contributed by atoms with van der Waals surface area (Å²) < 4.78 is 16.1. The van der Waals surface area contributed by atoms with Gasteiger partial charge in [0.15, 0.2) is 0 Å². The predicted molar refractivity (Wildman–Crippen MR) is 102 cm³/mol. The van der Waals surface area contributed by atoms with Crippen molar-refractivity contribution in [1.82, 2.24) is 14.7 Å². The molecule has 1 aliphatic heterocycles. The first-order chi connectivity index (χ1) is 11.6. The van der Waals surface area contributed by atoms with Crippen LogP contribution in [-0.2, 0) is 12.1 Å². The number of rotatable bonds is 1. The summed E-state index contributed by atoms with van der Waals surface area (Å²) in [7, 11) is 0. The maximum absolute atomic E-state index is 13.2. The topological polar surface area (TPSA) is 58.4 Å². The highest BCUT2D eigenvalue weighted by molar-refractivity contribution is 14.1. The maximum atomic E-state index is 13.2. The van der Waals surface area contributed by atoms with Gasteiger partial charge in [0, 0.05) is 12.1 Å². The Kier molecular flexibility index (Phi) is 4.33. The molecule has 0 aliphatic carbocycles. The normalized spacial score (nSPS) is 20.5. The Hall–Kier alpha value is -1.64. The minimum Gasteiger partial charge on any atom is -0.465 e. The molecule has 0 bridgehead atoms. The fourth-order valence-corrected chi connectivity index (χ4v) is 4.68.